The van der Waals surface area contributed by atoms with E-state index in [1.54, 1.807) is 0 Å². The molecule has 3 heteroatoms. The summed E-state index contributed by atoms with van der Waals surface area (Å²) in [5.41, 5.74) is 4.97. The van der Waals surface area contributed by atoms with Gasteiger partial charge < -0.3 is 0 Å². The van der Waals surface area contributed by atoms with Gasteiger partial charge in [0, 0.05) is 0 Å². The van der Waals surface area contributed by atoms with Gasteiger partial charge in [-0.25, -0.2) is 0 Å². The fourth-order valence-electron chi connectivity index (χ4n) is 3.11. The normalized spacial score (nSPS) is 20.1. The first-order valence-corrected chi connectivity index (χ1v) is 8.75. The van der Waals surface area contributed by atoms with E-state index in [0.717, 1.165) is 18.5 Å². The van der Waals surface area contributed by atoms with Crippen LogP contribution in [-0.2, 0) is 6.42 Å². The summed E-state index contributed by atoms with van der Waals surface area (Å²) in [7, 11) is 0. The van der Waals surface area contributed by atoms with Crippen LogP contribution in [0.1, 0.15) is 32.0 Å². The number of nitrogens with zero attached hydrogens (tertiary/aromatic N) is 1. The summed E-state index contributed by atoms with van der Waals surface area (Å²) in [5.74, 6) is 0.219. The van der Waals surface area contributed by atoms with Gasteiger partial charge in [0.05, 0.1) is 0 Å². The first-order chi connectivity index (χ1) is 9.75. The quantitative estimate of drug-likeness (QED) is 0.678. The van der Waals surface area contributed by atoms with E-state index < -0.39 is 0 Å². The molecule has 1 unspecified atom stereocenters. The van der Waals surface area contributed by atoms with E-state index in [1.807, 2.05) is 12.1 Å². The second-order valence-corrected chi connectivity index (χ2v) is 7.66. The summed E-state index contributed by atoms with van der Waals surface area (Å²) < 4.78 is 1.29. The molecule has 100 valence electrons. The Morgan fingerprint density at radius 2 is 2.00 bits per heavy atom. The summed E-state index contributed by atoms with van der Waals surface area (Å²) in [6, 6.07) is 14.7. The summed E-state index contributed by atoms with van der Waals surface area (Å²) in [4.78, 5) is 15.1. The molecule has 1 atom stereocenters. The van der Waals surface area contributed by atoms with Crippen molar-refractivity contribution in [2.45, 2.75) is 18.3 Å². The van der Waals surface area contributed by atoms with Gasteiger partial charge in [0.1, 0.15) is 0 Å². The average Bonchev–Trinajstić information content (AvgIpc) is 2.48. The van der Waals surface area contributed by atoms with Crippen molar-refractivity contribution in [3.63, 3.8) is 0 Å². The molecule has 0 aromatic heterocycles. The molecule has 0 bridgehead atoms. The molecule has 2 heterocycles. The summed E-state index contributed by atoms with van der Waals surface area (Å²) >= 11 is 0.297. The van der Waals surface area contributed by atoms with Crippen molar-refractivity contribution < 1.29 is 4.79 Å². The van der Waals surface area contributed by atoms with Crippen molar-refractivity contribution in [2.75, 3.05) is 6.54 Å². The monoisotopic (exact) mass is 329 g/mol. The maximum absolute atomic E-state index is 12.7. The predicted octanol–water partition coefficient (Wildman–Crippen LogP) is 2.04. The third kappa shape index (κ3) is 1.67. The van der Waals surface area contributed by atoms with E-state index in [0.29, 0.717) is 15.0 Å². The van der Waals surface area contributed by atoms with Gasteiger partial charge in [0.15, 0.2) is 0 Å². The Morgan fingerprint density at radius 3 is 2.90 bits per heavy atom. The number of hydrogen-bond acceptors (Lipinski definition) is 1. The van der Waals surface area contributed by atoms with E-state index in [2.05, 4.69) is 42.2 Å². The third-order valence-corrected chi connectivity index (χ3v) is 7.33. The van der Waals surface area contributed by atoms with Gasteiger partial charge in [0.25, 0.3) is 0 Å². The molecule has 20 heavy (non-hydrogen) atoms. The van der Waals surface area contributed by atoms with Crippen LogP contribution in [0.2, 0.25) is 0 Å². The number of carbonyl (C=O) groups excluding carboxylic acids is 1. The number of hydrogen-bond donors (Lipinski definition) is 0. The fourth-order valence-corrected chi connectivity index (χ4v) is 6.14. The summed E-state index contributed by atoms with van der Waals surface area (Å²) in [5, 5.41) is 0. The average molecular weight is 328 g/mol. The summed E-state index contributed by atoms with van der Waals surface area (Å²) in [6.45, 7) is 2.98. The van der Waals surface area contributed by atoms with Crippen molar-refractivity contribution >= 4 is 25.3 Å². The molecule has 0 saturated heterocycles. The zero-order chi connectivity index (χ0) is 13.7. The second-order valence-electron chi connectivity index (χ2n) is 5.37. The Hall–Kier alpha value is -1.57. The number of benzene rings is 2. The van der Waals surface area contributed by atoms with Crippen molar-refractivity contribution in [3.8, 4) is 0 Å². The first-order valence-electron chi connectivity index (χ1n) is 6.91. The number of rotatable bonds is 0. The number of amides is 1. The Balaban J connectivity index is 1.87. The van der Waals surface area contributed by atoms with Crippen LogP contribution in [0.4, 0.5) is 0 Å². The van der Waals surface area contributed by atoms with Crippen LogP contribution in [0.5, 0.6) is 0 Å². The Bertz CT molecular complexity index is 710. The van der Waals surface area contributed by atoms with Crippen LogP contribution < -0.4 is 4.46 Å². The minimum atomic E-state index is 0.219. The number of carbonyl (C=O) groups is 1. The molecular weight excluding hydrogens is 313 g/mol. The minimum absolute atomic E-state index is 0.219. The molecule has 2 aliphatic rings. The molecule has 2 aliphatic heterocycles. The maximum atomic E-state index is 12.7. The van der Waals surface area contributed by atoms with Crippen molar-refractivity contribution in [1.29, 1.82) is 0 Å². The molecular formula is C17H15NOSe. The van der Waals surface area contributed by atoms with Gasteiger partial charge in [-0.3, -0.25) is 0 Å². The Morgan fingerprint density at radius 1 is 1.15 bits per heavy atom. The van der Waals surface area contributed by atoms with Gasteiger partial charge in [-0.2, -0.15) is 0 Å². The molecule has 0 aliphatic carbocycles. The molecule has 4 rings (SSSR count). The zero-order valence-corrected chi connectivity index (χ0v) is 13.0. The van der Waals surface area contributed by atoms with Crippen LogP contribution in [0.15, 0.2) is 42.5 Å². The van der Waals surface area contributed by atoms with Gasteiger partial charge in [-0.1, -0.05) is 0 Å². The topological polar surface area (TPSA) is 20.3 Å². The fraction of sp³-hybridized carbons (Fsp3) is 0.235. The van der Waals surface area contributed by atoms with Gasteiger partial charge in [-0.05, 0) is 0 Å². The van der Waals surface area contributed by atoms with Crippen molar-refractivity contribution in [1.82, 2.24) is 4.90 Å². The summed E-state index contributed by atoms with van der Waals surface area (Å²) in [6.07, 6.45) is 0.982. The molecule has 0 saturated carbocycles. The zero-order valence-electron chi connectivity index (χ0n) is 11.3. The van der Waals surface area contributed by atoms with Crippen LogP contribution in [-0.4, -0.2) is 32.3 Å². The molecule has 0 spiro atoms. The first kappa shape index (κ1) is 12.2. The Labute approximate surface area is 125 Å². The van der Waals surface area contributed by atoms with Crippen LogP contribution in [0.25, 0.3) is 0 Å². The Kier molecular flexibility index (Phi) is 2.73. The molecule has 0 fully saturated rings. The molecule has 0 N–H and O–H groups in total. The van der Waals surface area contributed by atoms with Crippen LogP contribution >= 0.6 is 0 Å². The van der Waals surface area contributed by atoms with E-state index in [-0.39, 0.29) is 10.8 Å². The standard InChI is InChI=1S/C17H15NOSe/c1-11-5-4-8-14-15(11)20-17-13-7-3-2-6-12(13)9-10-18(17)16(14)19/h2-8,17H,9-10H2,1H3. The molecule has 0 radical (unpaired) electrons. The van der Waals surface area contributed by atoms with Gasteiger partial charge in [-0.15, -0.1) is 0 Å². The van der Waals surface area contributed by atoms with Crippen molar-refractivity contribution in [2.24, 2.45) is 0 Å². The molecule has 2 aromatic carbocycles. The van der Waals surface area contributed by atoms with Gasteiger partial charge >= 0.3 is 125 Å². The van der Waals surface area contributed by atoms with Crippen LogP contribution in [0, 0.1) is 6.92 Å². The van der Waals surface area contributed by atoms with Crippen molar-refractivity contribution in [3.05, 3.63) is 64.7 Å². The van der Waals surface area contributed by atoms with E-state index in [1.165, 1.54) is 21.2 Å². The SMILES string of the molecule is Cc1cccc2c1[Se]C1c3ccccc3CCN1C2=O. The van der Waals surface area contributed by atoms with E-state index in [4.69, 9.17) is 0 Å². The molecule has 1 amide bonds. The molecule has 2 nitrogen and oxygen atoms in total. The third-order valence-electron chi connectivity index (χ3n) is 4.16. The van der Waals surface area contributed by atoms with E-state index in [9.17, 15) is 4.79 Å². The second kappa shape index (κ2) is 4.47. The number of fused-ring (bicyclic) bond motifs is 4. The van der Waals surface area contributed by atoms with Crippen LogP contribution in [0.3, 0.4) is 0 Å². The predicted molar refractivity (Wildman–Crippen MR) is 80.5 cm³/mol. The number of aryl methyl sites for hydroxylation is 1. The van der Waals surface area contributed by atoms with Gasteiger partial charge in [0.2, 0.25) is 0 Å². The molecule has 2 aromatic rings. The van der Waals surface area contributed by atoms with E-state index >= 15 is 0 Å².